The Kier molecular flexibility index (Phi) is 4.97. The molecule has 6 nitrogen and oxygen atoms in total. The number of nitrogens with one attached hydrogen (secondary N) is 1. The molecule has 2 rings (SSSR count). The van der Waals surface area contributed by atoms with E-state index in [2.05, 4.69) is 4.72 Å². The maximum atomic E-state index is 12.3. The first kappa shape index (κ1) is 16.6. The molecule has 1 aliphatic heterocycles. The summed E-state index contributed by atoms with van der Waals surface area (Å²) >= 11 is 0. The summed E-state index contributed by atoms with van der Waals surface area (Å²) in [4.78, 5) is 25.2. The third-order valence-electron chi connectivity index (χ3n) is 3.67. The molecule has 1 atom stereocenters. The van der Waals surface area contributed by atoms with Gasteiger partial charge in [0, 0.05) is 18.7 Å². The Morgan fingerprint density at radius 1 is 1.23 bits per heavy atom. The van der Waals surface area contributed by atoms with E-state index in [-0.39, 0.29) is 16.6 Å². The molecule has 1 saturated heterocycles. The molecule has 0 spiro atoms. The molecular formula is C15H20N2O4S. The van der Waals surface area contributed by atoms with Crippen LogP contribution in [0.15, 0.2) is 29.2 Å². The van der Waals surface area contributed by atoms with Crippen LogP contribution >= 0.6 is 0 Å². The summed E-state index contributed by atoms with van der Waals surface area (Å²) in [7, 11) is -3.84. The number of Topliss-reactive ketones (excluding diaryl/α,β-unsaturated/α-hetero) is 1. The van der Waals surface area contributed by atoms with E-state index in [0.29, 0.717) is 18.7 Å². The fourth-order valence-electron chi connectivity index (χ4n) is 2.44. The fraction of sp³-hybridized carbons (Fsp3) is 0.467. The maximum Gasteiger partial charge on any atom is 0.241 e. The lowest BCUT2D eigenvalue weighted by Gasteiger charge is -2.21. The van der Waals surface area contributed by atoms with Crippen LogP contribution in [0.3, 0.4) is 0 Å². The van der Waals surface area contributed by atoms with Crippen LogP contribution in [0.4, 0.5) is 0 Å². The van der Waals surface area contributed by atoms with Crippen LogP contribution in [0.2, 0.25) is 0 Å². The minimum atomic E-state index is -3.84. The molecule has 7 heteroatoms. The molecule has 0 aliphatic carbocycles. The summed E-state index contributed by atoms with van der Waals surface area (Å²) in [6.45, 7) is 4.25. The smallest absolute Gasteiger partial charge is 0.241 e. The number of carbonyl (C=O) groups excluding carboxylic acids is 2. The highest BCUT2D eigenvalue weighted by Crippen LogP contribution is 2.14. The summed E-state index contributed by atoms with van der Waals surface area (Å²) in [5, 5.41) is 0. The van der Waals surface area contributed by atoms with Gasteiger partial charge in [-0.2, -0.15) is 4.72 Å². The fourth-order valence-corrected chi connectivity index (χ4v) is 3.69. The summed E-state index contributed by atoms with van der Waals surface area (Å²) in [6.07, 6.45) is 1.90. The third kappa shape index (κ3) is 3.72. The van der Waals surface area contributed by atoms with Gasteiger partial charge in [-0.25, -0.2) is 8.42 Å². The van der Waals surface area contributed by atoms with Crippen molar-refractivity contribution in [3.05, 3.63) is 29.8 Å². The largest absolute Gasteiger partial charge is 0.341 e. The predicted molar refractivity (Wildman–Crippen MR) is 82.0 cm³/mol. The Labute approximate surface area is 130 Å². The van der Waals surface area contributed by atoms with Gasteiger partial charge in [-0.05, 0) is 38.8 Å². The van der Waals surface area contributed by atoms with E-state index in [0.717, 1.165) is 12.8 Å². The van der Waals surface area contributed by atoms with Crippen LogP contribution in [0.5, 0.6) is 0 Å². The van der Waals surface area contributed by atoms with Crippen molar-refractivity contribution in [3.8, 4) is 0 Å². The Bertz CT molecular complexity index is 679. The number of ketones is 1. The average Bonchev–Trinajstić information content (AvgIpc) is 3.00. The van der Waals surface area contributed by atoms with Gasteiger partial charge in [0.1, 0.15) is 0 Å². The molecule has 0 bridgehead atoms. The number of sulfonamides is 1. The second-order valence-corrected chi connectivity index (χ2v) is 7.17. The highest BCUT2D eigenvalue weighted by Gasteiger charge is 2.27. The Hall–Kier alpha value is -1.73. The molecule has 1 fully saturated rings. The zero-order valence-corrected chi connectivity index (χ0v) is 13.5. The van der Waals surface area contributed by atoms with Crippen molar-refractivity contribution in [2.75, 3.05) is 13.1 Å². The predicted octanol–water partition coefficient (Wildman–Crippen LogP) is 1.18. The topological polar surface area (TPSA) is 83.5 Å². The van der Waals surface area contributed by atoms with Crippen molar-refractivity contribution in [3.63, 3.8) is 0 Å². The molecule has 1 aromatic carbocycles. The van der Waals surface area contributed by atoms with Gasteiger partial charge < -0.3 is 4.90 Å². The lowest BCUT2D eigenvalue weighted by Crippen LogP contribution is -2.45. The molecular weight excluding hydrogens is 304 g/mol. The zero-order chi connectivity index (χ0) is 16.3. The summed E-state index contributed by atoms with van der Waals surface area (Å²) in [5.41, 5.74) is 0.321. The maximum absolute atomic E-state index is 12.3. The van der Waals surface area contributed by atoms with E-state index in [1.807, 2.05) is 0 Å². The second-order valence-electron chi connectivity index (χ2n) is 5.46. The van der Waals surface area contributed by atoms with Gasteiger partial charge in [0.25, 0.3) is 0 Å². The van der Waals surface area contributed by atoms with Crippen LogP contribution in [0.25, 0.3) is 0 Å². The first-order valence-electron chi connectivity index (χ1n) is 7.23. The number of rotatable bonds is 5. The van der Waals surface area contributed by atoms with Crippen LogP contribution in [0, 0.1) is 0 Å². The number of likely N-dealkylation sites (tertiary alicyclic amines) is 1. The number of amides is 1. The first-order valence-corrected chi connectivity index (χ1v) is 8.72. The SMILES string of the molecule is CC(=O)c1cccc(S(=O)(=O)N[C@@H](C)C(=O)N2CCCC2)c1. The molecule has 0 aromatic heterocycles. The molecule has 0 radical (unpaired) electrons. The molecule has 1 heterocycles. The molecule has 22 heavy (non-hydrogen) atoms. The van der Waals surface area contributed by atoms with E-state index in [1.165, 1.54) is 32.0 Å². The molecule has 0 saturated carbocycles. The van der Waals surface area contributed by atoms with Crippen LogP contribution < -0.4 is 4.72 Å². The Morgan fingerprint density at radius 3 is 2.45 bits per heavy atom. The van der Waals surface area contributed by atoms with Crippen LogP contribution in [-0.4, -0.2) is 44.1 Å². The summed E-state index contributed by atoms with van der Waals surface area (Å²) in [6, 6.07) is 4.96. The van der Waals surface area contributed by atoms with Crippen molar-refractivity contribution in [2.45, 2.75) is 37.6 Å². The molecule has 1 aromatic rings. The quantitative estimate of drug-likeness (QED) is 0.824. The van der Waals surface area contributed by atoms with Crippen molar-refractivity contribution >= 4 is 21.7 Å². The highest BCUT2D eigenvalue weighted by molar-refractivity contribution is 7.89. The summed E-state index contributed by atoms with van der Waals surface area (Å²) in [5.74, 6) is -0.429. The van der Waals surface area contributed by atoms with Crippen molar-refractivity contribution in [1.29, 1.82) is 0 Å². The Morgan fingerprint density at radius 2 is 1.86 bits per heavy atom. The van der Waals surface area contributed by atoms with Crippen molar-refractivity contribution in [2.24, 2.45) is 0 Å². The van der Waals surface area contributed by atoms with E-state index in [4.69, 9.17) is 0 Å². The van der Waals surface area contributed by atoms with Crippen molar-refractivity contribution in [1.82, 2.24) is 9.62 Å². The van der Waals surface area contributed by atoms with Gasteiger partial charge >= 0.3 is 0 Å². The van der Waals surface area contributed by atoms with Gasteiger partial charge in [-0.15, -0.1) is 0 Å². The normalized spacial score (nSPS) is 16.5. The van der Waals surface area contributed by atoms with Gasteiger partial charge in [-0.3, -0.25) is 9.59 Å². The van der Waals surface area contributed by atoms with E-state index < -0.39 is 16.1 Å². The molecule has 1 aliphatic rings. The van der Waals surface area contributed by atoms with Gasteiger partial charge in [0.2, 0.25) is 15.9 Å². The minimum absolute atomic E-state index is 0.0127. The lowest BCUT2D eigenvalue weighted by atomic mass is 10.2. The van der Waals surface area contributed by atoms with E-state index >= 15 is 0 Å². The number of nitrogens with zero attached hydrogens (tertiary/aromatic N) is 1. The average molecular weight is 324 g/mol. The molecule has 1 N–H and O–H groups in total. The van der Waals surface area contributed by atoms with Crippen LogP contribution in [-0.2, 0) is 14.8 Å². The second kappa shape index (κ2) is 6.58. The minimum Gasteiger partial charge on any atom is -0.341 e. The summed E-state index contributed by atoms with van der Waals surface area (Å²) < 4.78 is 27.1. The van der Waals surface area contributed by atoms with Crippen LogP contribution in [0.1, 0.15) is 37.0 Å². The molecule has 0 unspecified atom stereocenters. The first-order chi connectivity index (χ1) is 10.3. The Balaban J connectivity index is 2.14. The molecule has 120 valence electrons. The van der Waals surface area contributed by atoms with Crippen molar-refractivity contribution < 1.29 is 18.0 Å². The number of hydrogen-bond acceptors (Lipinski definition) is 4. The standard InChI is InChI=1S/C15H20N2O4S/c1-11(15(19)17-8-3-4-9-17)16-22(20,21)14-7-5-6-13(10-14)12(2)18/h5-7,10-11,16H,3-4,8-9H2,1-2H3/t11-/m0/s1. The number of carbonyl (C=O) groups is 2. The third-order valence-corrected chi connectivity index (χ3v) is 5.21. The number of hydrogen-bond donors (Lipinski definition) is 1. The lowest BCUT2D eigenvalue weighted by molar-refractivity contribution is -0.131. The van der Waals surface area contributed by atoms with E-state index in [1.54, 1.807) is 11.0 Å². The highest BCUT2D eigenvalue weighted by atomic mass is 32.2. The van der Waals surface area contributed by atoms with Gasteiger partial charge in [-0.1, -0.05) is 12.1 Å². The zero-order valence-electron chi connectivity index (χ0n) is 12.7. The van der Waals surface area contributed by atoms with E-state index in [9.17, 15) is 18.0 Å². The van der Waals surface area contributed by atoms with Gasteiger partial charge in [0.15, 0.2) is 5.78 Å². The van der Waals surface area contributed by atoms with Gasteiger partial charge in [0.05, 0.1) is 10.9 Å². The molecule has 1 amide bonds. The number of benzene rings is 1. The monoisotopic (exact) mass is 324 g/mol.